The molecule has 0 bridgehead atoms. The first-order valence-electron chi connectivity index (χ1n) is 6.01. The van der Waals surface area contributed by atoms with E-state index < -0.39 is 0 Å². The van der Waals surface area contributed by atoms with E-state index in [0.717, 1.165) is 12.8 Å². The van der Waals surface area contributed by atoms with Crippen LogP contribution in [0.3, 0.4) is 0 Å². The topological polar surface area (TPSA) is 0 Å². The summed E-state index contributed by atoms with van der Waals surface area (Å²) in [5, 5.41) is 0. The minimum atomic E-state index is 1.13. The van der Waals surface area contributed by atoms with Crippen molar-refractivity contribution in [1.82, 2.24) is 0 Å². The van der Waals surface area contributed by atoms with Crippen molar-refractivity contribution >= 4 is 0 Å². The molecular formula is C15H24. The highest BCUT2D eigenvalue weighted by Crippen LogP contribution is 1.97. The lowest BCUT2D eigenvalue weighted by Crippen LogP contribution is -1.66. The molecule has 0 heteroatoms. The van der Waals surface area contributed by atoms with Crippen LogP contribution in [0.15, 0.2) is 48.6 Å². The minimum Gasteiger partial charge on any atom is -0.0877 e. The van der Waals surface area contributed by atoms with Crippen LogP contribution in [0.25, 0.3) is 0 Å². The van der Waals surface area contributed by atoms with Crippen molar-refractivity contribution < 1.29 is 0 Å². The van der Waals surface area contributed by atoms with Crippen LogP contribution in [0.5, 0.6) is 0 Å². The molecule has 0 atom stereocenters. The van der Waals surface area contributed by atoms with E-state index in [1.165, 1.54) is 19.3 Å². The average molecular weight is 204 g/mol. The van der Waals surface area contributed by atoms with E-state index in [1.807, 2.05) is 13.0 Å². The third-order valence-electron chi connectivity index (χ3n) is 2.05. The van der Waals surface area contributed by atoms with Gasteiger partial charge in [0, 0.05) is 0 Å². The third-order valence-corrected chi connectivity index (χ3v) is 2.05. The summed E-state index contributed by atoms with van der Waals surface area (Å²) in [5.74, 6) is 0. The Bertz CT molecular complexity index is 216. The molecule has 0 aromatic carbocycles. The Morgan fingerprint density at radius 3 is 1.80 bits per heavy atom. The maximum Gasteiger partial charge on any atom is -0.0313 e. The minimum absolute atomic E-state index is 1.13. The van der Waals surface area contributed by atoms with Crippen LogP contribution in [-0.2, 0) is 0 Å². The zero-order valence-corrected chi connectivity index (χ0v) is 10.2. The van der Waals surface area contributed by atoms with Crippen LogP contribution >= 0.6 is 0 Å². The maximum atomic E-state index is 2.25. The molecule has 84 valence electrons. The van der Waals surface area contributed by atoms with Crippen LogP contribution in [0, 0.1) is 0 Å². The van der Waals surface area contributed by atoms with E-state index >= 15 is 0 Å². The predicted molar refractivity (Wildman–Crippen MR) is 71.0 cm³/mol. The average Bonchev–Trinajstić information content (AvgIpc) is 2.26. The second-order valence-electron chi connectivity index (χ2n) is 3.53. The molecule has 0 aliphatic carbocycles. The van der Waals surface area contributed by atoms with Crippen molar-refractivity contribution in [2.75, 3.05) is 0 Å². The summed E-state index contributed by atoms with van der Waals surface area (Å²) in [6.45, 7) is 4.26. The predicted octanol–water partition coefficient (Wildman–Crippen LogP) is 5.20. The molecule has 0 aliphatic heterocycles. The van der Waals surface area contributed by atoms with Gasteiger partial charge in [-0.15, -0.1) is 0 Å². The van der Waals surface area contributed by atoms with Crippen molar-refractivity contribution in [2.45, 2.75) is 46.0 Å². The highest BCUT2D eigenvalue weighted by Gasteiger charge is 1.76. The van der Waals surface area contributed by atoms with Gasteiger partial charge in [0.2, 0.25) is 0 Å². The fourth-order valence-electron chi connectivity index (χ4n) is 1.15. The van der Waals surface area contributed by atoms with E-state index in [2.05, 4.69) is 49.5 Å². The van der Waals surface area contributed by atoms with Crippen LogP contribution in [-0.4, -0.2) is 0 Å². The summed E-state index contributed by atoms with van der Waals surface area (Å²) >= 11 is 0. The number of unbranched alkanes of at least 4 members (excludes halogenated alkanes) is 3. The lowest BCUT2D eigenvalue weighted by molar-refractivity contribution is 0.815. The summed E-state index contributed by atoms with van der Waals surface area (Å²) in [6.07, 6.45) is 23.2. The van der Waals surface area contributed by atoms with Gasteiger partial charge in [0.15, 0.2) is 0 Å². The second kappa shape index (κ2) is 13.0. The lowest BCUT2D eigenvalue weighted by atomic mass is 10.2. The molecule has 0 rings (SSSR count). The van der Waals surface area contributed by atoms with Gasteiger partial charge in [-0.25, -0.2) is 0 Å². The van der Waals surface area contributed by atoms with Gasteiger partial charge in [0.25, 0.3) is 0 Å². The van der Waals surface area contributed by atoms with Gasteiger partial charge in [-0.1, -0.05) is 68.4 Å². The summed E-state index contributed by atoms with van der Waals surface area (Å²) in [6, 6.07) is 0. The van der Waals surface area contributed by atoms with Gasteiger partial charge >= 0.3 is 0 Å². The van der Waals surface area contributed by atoms with Crippen LogP contribution < -0.4 is 0 Å². The van der Waals surface area contributed by atoms with E-state index in [-0.39, 0.29) is 0 Å². The van der Waals surface area contributed by atoms with Gasteiger partial charge < -0.3 is 0 Å². The Morgan fingerprint density at radius 1 is 0.733 bits per heavy atom. The first-order chi connectivity index (χ1) is 7.41. The molecule has 0 aromatic heterocycles. The molecule has 0 saturated heterocycles. The van der Waals surface area contributed by atoms with Crippen molar-refractivity contribution in [3.8, 4) is 0 Å². The number of hydrogen-bond donors (Lipinski definition) is 0. The van der Waals surface area contributed by atoms with Gasteiger partial charge in [-0.2, -0.15) is 0 Å². The summed E-state index contributed by atoms with van der Waals surface area (Å²) in [5.41, 5.74) is 0. The molecule has 0 saturated carbocycles. The summed E-state index contributed by atoms with van der Waals surface area (Å²) in [7, 11) is 0. The monoisotopic (exact) mass is 204 g/mol. The molecular weight excluding hydrogens is 180 g/mol. The molecule has 0 fully saturated rings. The van der Waals surface area contributed by atoms with Gasteiger partial charge in [0.05, 0.1) is 0 Å². The molecule has 0 radical (unpaired) electrons. The van der Waals surface area contributed by atoms with E-state index in [1.54, 1.807) is 0 Å². The quantitative estimate of drug-likeness (QED) is 0.376. The largest absolute Gasteiger partial charge is 0.0877 e. The molecule has 0 N–H and O–H groups in total. The lowest BCUT2D eigenvalue weighted by Gasteiger charge is -1.86. The number of rotatable bonds is 8. The highest BCUT2D eigenvalue weighted by molar-refractivity contribution is 5.04. The van der Waals surface area contributed by atoms with E-state index in [4.69, 9.17) is 0 Å². The Morgan fingerprint density at radius 2 is 1.27 bits per heavy atom. The van der Waals surface area contributed by atoms with E-state index in [9.17, 15) is 0 Å². The van der Waals surface area contributed by atoms with Crippen LogP contribution in [0.1, 0.15) is 46.0 Å². The number of hydrogen-bond acceptors (Lipinski definition) is 0. The Hall–Kier alpha value is -1.04. The zero-order valence-electron chi connectivity index (χ0n) is 10.2. The molecule has 0 spiro atoms. The highest BCUT2D eigenvalue weighted by atomic mass is 13.8. The summed E-state index contributed by atoms with van der Waals surface area (Å²) in [4.78, 5) is 0. The maximum absolute atomic E-state index is 2.25. The Labute approximate surface area is 95.1 Å². The zero-order chi connectivity index (χ0) is 11.2. The fraction of sp³-hybridized carbons (Fsp3) is 0.467. The molecule has 15 heavy (non-hydrogen) atoms. The molecule has 0 unspecified atom stereocenters. The molecule has 0 aliphatic rings. The second-order valence-corrected chi connectivity index (χ2v) is 3.53. The van der Waals surface area contributed by atoms with Crippen molar-refractivity contribution in [2.24, 2.45) is 0 Å². The fourth-order valence-corrected chi connectivity index (χ4v) is 1.15. The number of allylic oxidation sites excluding steroid dienone is 8. The van der Waals surface area contributed by atoms with E-state index in [0.29, 0.717) is 0 Å². The molecule has 0 amide bonds. The smallest absolute Gasteiger partial charge is 0.0313 e. The van der Waals surface area contributed by atoms with Gasteiger partial charge in [0.1, 0.15) is 0 Å². The SMILES string of the molecule is C/C=C/C=C/CC/C=C/C=C/CCCC. The summed E-state index contributed by atoms with van der Waals surface area (Å²) < 4.78 is 0. The van der Waals surface area contributed by atoms with Crippen molar-refractivity contribution in [1.29, 1.82) is 0 Å². The molecule has 0 heterocycles. The standard InChI is InChI=1S/C15H24/c1-3-5-7-9-11-13-15-14-12-10-8-6-4-2/h3,5,7,9-10,12,14-15H,4,6,8,11,13H2,1-2H3/b5-3+,9-7+,12-10+,15-14+. The Balaban J connectivity index is 3.34. The van der Waals surface area contributed by atoms with Crippen LogP contribution in [0.2, 0.25) is 0 Å². The Kier molecular flexibility index (Phi) is 12.1. The normalized spacial score (nSPS) is 12.9. The van der Waals surface area contributed by atoms with Crippen LogP contribution in [0.4, 0.5) is 0 Å². The van der Waals surface area contributed by atoms with Crippen molar-refractivity contribution in [3.63, 3.8) is 0 Å². The van der Waals surface area contributed by atoms with Crippen molar-refractivity contribution in [3.05, 3.63) is 48.6 Å². The van der Waals surface area contributed by atoms with Gasteiger partial charge in [-0.05, 0) is 26.2 Å². The first kappa shape index (κ1) is 14.0. The molecule has 0 nitrogen and oxygen atoms in total. The molecule has 0 aromatic rings. The first-order valence-corrected chi connectivity index (χ1v) is 6.01. The third kappa shape index (κ3) is 13.0. The van der Waals surface area contributed by atoms with Gasteiger partial charge in [-0.3, -0.25) is 0 Å².